The molecule has 10 nitrogen and oxygen atoms in total. The minimum absolute atomic E-state index is 0.319. The molecule has 1 aliphatic rings. The smallest absolute Gasteiger partial charge is 0.167 e. The van der Waals surface area contributed by atoms with Gasteiger partial charge >= 0.3 is 0 Å². The van der Waals surface area contributed by atoms with Crippen LogP contribution in [0, 0.1) is 0 Å². The normalized spacial score (nSPS) is 17.1. The second-order valence-electron chi connectivity index (χ2n) is 6.80. The lowest BCUT2D eigenvalue weighted by Crippen LogP contribution is -2.31. The fourth-order valence-electron chi connectivity index (χ4n) is 3.59. The molecule has 10 heteroatoms. The van der Waals surface area contributed by atoms with Crippen LogP contribution >= 0.6 is 0 Å². The van der Waals surface area contributed by atoms with Crippen molar-refractivity contribution in [2.24, 2.45) is 5.84 Å². The van der Waals surface area contributed by atoms with E-state index >= 15 is 0 Å². The highest BCUT2D eigenvalue weighted by Gasteiger charge is 2.23. The molecule has 28 heavy (non-hydrogen) atoms. The molecule has 4 aromatic heterocycles. The maximum absolute atomic E-state index is 6.42. The zero-order valence-electron chi connectivity index (χ0n) is 15.2. The zero-order chi connectivity index (χ0) is 18.9. The number of hydrogen-bond acceptors (Lipinski definition) is 8. The molecule has 0 aromatic carbocycles. The monoisotopic (exact) mass is 376 g/mol. The topological polar surface area (TPSA) is 126 Å². The van der Waals surface area contributed by atoms with E-state index in [-0.39, 0.29) is 0 Å². The number of H-pyrrole nitrogens is 1. The molecule has 142 valence electrons. The Hall–Kier alpha value is -3.37. The highest BCUT2D eigenvalue weighted by atomic mass is 15.5. The van der Waals surface area contributed by atoms with Crippen molar-refractivity contribution in [1.29, 1.82) is 0 Å². The third-order valence-electron chi connectivity index (χ3n) is 5.04. The van der Waals surface area contributed by atoms with Gasteiger partial charge in [0.05, 0.1) is 24.3 Å². The summed E-state index contributed by atoms with van der Waals surface area (Å²) in [6.45, 7) is 1.94. The number of nitrogens with zero attached hydrogens (tertiary/aromatic N) is 7. The van der Waals surface area contributed by atoms with Gasteiger partial charge in [-0.15, -0.1) is 0 Å². The number of aromatic nitrogens is 7. The van der Waals surface area contributed by atoms with Crippen LogP contribution in [0.4, 0.5) is 11.6 Å². The van der Waals surface area contributed by atoms with Gasteiger partial charge in [0.15, 0.2) is 17.3 Å². The summed E-state index contributed by atoms with van der Waals surface area (Å²) in [6.07, 6.45) is 12.4. The van der Waals surface area contributed by atoms with Gasteiger partial charge in [0.25, 0.3) is 0 Å². The van der Waals surface area contributed by atoms with Gasteiger partial charge in [-0.2, -0.15) is 14.7 Å². The number of anilines is 2. The number of hydrogen-bond donors (Lipinski definition) is 3. The number of hydrazine groups is 1. The quantitative estimate of drug-likeness (QED) is 0.360. The van der Waals surface area contributed by atoms with Crippen LogP contribution in [-0.4, -0.2) is 47.9 Å². The van der Waals surface area contributed by atoms with Crippen molar-refractivity contribution >= 4 is 17.3 Å². The average molecular weight is 376 g/mol. The Bertz CT molecular complexity index is 1070. The second-order valence-corrected chi connectivity index (χ2v) is 6.80. The maximum atomic E-state index is 6.42. The molecule has 0 amide bonds. The summed E-state index contributed by atoms with van der Waals surface area (Å²) < 4.78 is 1.73. The first-order valence-electron chi connectivity index (χ1n) is 9.20. The first kappa shape index (κ1) is 16.8. The Labute approximate surface area is 160 Å². The minimum Gasteiger partial charge on any atom is -0.316 e. The number of rotatable bonds is 4. The molecule has 0 radical (unpaired) electrons. The number of fused-ring (bicyclic) bond motifs is 1. The lowest BCUT2D eigenvalue weighted by Gasteiger charge is -2.24. The fourth-order valence-corrected chi connectivity index (χ4v) is 3.59. The predicted octanol–water partition coefficient (Wildman–Crippen LogP) is 1.39. The number of piperidine rings is 1. The Morgan fingerprint density at radius 1 is 1.21 bits per heavy atom. The number of aromatic amines is 1. The summed E-state index contributed by atoms with van der Waals surface area (Å²) in [4.78, 5) is 13.4. The van der Waals surface area contributed by atoms with Gasteiger partial charge in [0.2, 0.25) is 0 Å². The van der Waals surface area contributed by atoms with Crippen molar-refractivity contribution in [1.82, 2.24) is 40.1 Å². The molecule has 1 atom stereocenters. The first-order valence-corrected chi connectivity index (χ1v) is 9.20. The van der Waals surface area contributed by atoms with E-state index in [1.165, 1.54) is 5.01 Å². The molecule has 4 aromatic rings. The van der Waals surface area contributed by atoms with Crippen molar-refractivity contribution in [3.05, 3.63) is 48.9 Å². The SMILES string of the molecule is NN(c1cnccn1)c1cc(C2CCCNC2)nc2c(-c3cn[nH]c3)cnn12. The van der Waals surface area contributed by atoms with Crippen LogP contribution in [0.3, 0.4) is 0 Å². The lowest BCUT2D eigenvalue weighted by molar-refractivity contribution is 0.455. The summed E-state index contributed by atoms with van der Waals surface area (Å²) in [5.41, 5.74) is 3.54. The van der Waals surface area contributed by atoms with Crippen molar-refractivity contribution < 1.29 is 0 Å². The van der Waals surface area contributed by atoms with E-state index in [4.69, 9.17) is 10.8 Å². The molecule has 1 unspecified atom stereocenters. The average Bonchev–Trinajstić information content (AvgIpc) is 3.43. The molecule has 5 heterocycles. The summed E-state index contributed by atoms with van der Waals surface area (Å²) in [5, 5.41) is 16.4. The Morgan fingerprint density at radius 3 is 2.93 bits per heavy atom. The van der Waals surface area contributed by atoms with E-state index in [9.17, 15) is 0 Å². The largest absolute Gasteiger partial charge is 0.316 e. The summed E-state index contributed by atoms with van der Waals surface area (Å²) in [6, 6.07) is 1.99. The molecule has 1 saturated heterocycles. The van der Waals surface area contributed by atoms with Gasteiger partial charge < -0.3 is 5.32 Å². The fraction of sp³-hybridized carbons (Fsp3) is 0.278. The highest BCUT2D eigenvalue weighted by Crippen LogP contribution is 2.31. The minimum atomic E-state index is 0.319. The van der Waals surface area contributed by atoms with Gasteiger partial charge in [0.1, 0.15) is 0 Å². The van der Waals surface area contributed by atoms with E-state index in [0.717, 1.165) is 48.4 Å². The zero-order valence-corrected chi connectivity index (χ0v) is 15.2. The van der Waals surface area contributed by atoms with Crippen molar-refractivity contribution in [2.45, 2.75) is 18.8 Å². The highest BCUT2D eigenvalue weighted by molar-refractivity contribution is 5.78. The lowest BCUT2D eigenvalue weighted by atomic mass is 9.96. The summed E-state index contributed by atoms with van der Waals surface area (Å²) in [7, 11) is 0. The number of nitrogens with one attached hydrogen (secondary N) is 2. The molecule has 0 spiro atoms. The Morgan fingerprint density at radius 2 is 2.18 bits per heavy atom. The molecular formula is C18H20N10. The number of nitrogens with two attached hydrogens (primary N) is 1. The van der Waals surface area contributed by atoms with Crippen molar-refractivity contribution in [3.63, 3.8) is 0 Å². The van der Waals surface area contributed by atoms with Crippen LogP contribution in [0.5, 0.6) is 0 Å². The third-order valence-corrected chi connectivity index (χ3v) is 5.04. The molecule has 1 aliphatic heterocycles. The van der Waals surface area contributed by atoms with E-state index in [2.05, 4.69) is 30.6 Å². The van der Waals surface area contributed by atoms with Gasteiger partial charge in [-0.05, 0) is 19.4 Å². The first-order chi connectivity index (χ1) is 13.8. The standard InChI is InChI=1S/C18H20N10/c19-27(16-11-21-4-5-22-16)17-6-15(12-2-1-3-20-7-12)26-18-14(10-25-28(17)18)13-8-23-24-9-13/h4-6,8-12,20H,1-3,7,19H2,(H,23,24). The Balaban J connectivity index is 1.69. The van der Waals surface area contributed by atoms with E-state index < -0.39 is 0 Å². The maximum Gasteiger partial charge on any atom is 0.167 e. The van der Waals surface area contributed by atoms with Crippen LogP contribution in [0.25, 0.3) is 16.8 Å². The molecule has 4 N–H and O–H groups in total. The second kappa shape index (κ2) is 6.98. The van der Waals surface area contributed by atoms with Crippen molar-refractivity contribution in [2.75, 3.05) is 18.1 Å². The summed E-state index contributed by atoms with van der Waals surface area (Å²) >= 11 is 0. The molecule has 0 bridgehead atoms. The summed E-state index contributed by atoms with van der Waals surface area (Å²) in [5.74, 6) is 7.95. The van der Waals surface area contributed by atoms with E-state index in [1.54, 1.807) is 35.5 Å². The molecule has 1 fully saturated rings. The van der Waals surface area contributed by atoms with Gasteiger partial charge in [-0.1, -0.05) is 0 Å². The van der Waals surface area contributed by atoms with Gasteiger partial charge in [0, 0.05) is 48.2 Å². The van der Waals surface area contributed by atoms with E-state index in [1.807, 2.05) is 12.3 Å². The van der Waals surface area contributed by atoms with Gasteiger partial charge in [-0.3, -0.25) is 10.1 Å². The van der Waals surface area contributed by atoms with Crippen LogP contribution in [-0.2, 0) is 0 Å². The van der Waals surface area contributed by atoms with Gasteiger partial charge in [-0.25, -0.2) is 20.8 Å². The van der Waals surface area contributed by atoms with E-state index in [0.29, 0.717) is 17.6 Å². The van der Waals surface area contributed by atoms with Crippen LogP contribution in [0.15, 0.2) is 43.2 Å². The van der Waals surface area contributed by atoms with Crippen molar-refractivity contribution in [3.8, 4) is 11.1 Å². The predicted molar refractivity (Wildman–Crippen MR) is 104 cm³/mol. The Kier molecular flexibility index (Phi) is 4.18. The molecule has 0 aliphatic carbocycles. The van der Waals surface area contributed by atoms with Crippen LogP contribution in [0.2, 0.25) is 0 Å². The third kappa shape index (κ3) is 2.88. The molecular weight excluding hydrogens is 356 g/mol. The molecule has 5 rings (SSSR count). The van der Waals surface area contributed by atoms with Crippen LogP contribution in [0.1, 0.15) is 24.5 Å². The van der Waals surface area contributed by atoms with Crippen LogP contribution < -0.4 is 16.2 Å². The molecule has 0 saturated carbocycles.